The third-order valence-corrected chi connectivity index (χ3v) is 4.71. The van der Waals surface area contributed by atoms with E-state index in [0.29, 0.717) is 0 Å². The van der Waals surface area contributed by atoms with Gasteiger partial charge >= 0.3 is 18.5 Å². The van der Waals surface area contributed by atoms with Crippen molar-refractivity contribution < 1.29 is 52.3 Å². The lowest BCUT2D eigenvalue weighted by Crippen LogP contribution is -2.18. The van der Waals surface area contributed by atoms with Crippen LogP contribution in [0, 0.1) is 5.82 Å². The van der Waals surface area contributed by atoms with Crippen LogP contribution in [0.4, 0.5) is 49.6 Å². The second-order valence-corrected chi connectivity index (χ2v) is 7.26. The molecule has 0 spiro atoms. The van der Waals surface area contributed by atoms with Crippen molar-refractivity contribution >= 4 is 15.7 Å². The summed E-state index contributed by atoms with van der Waals surface area (Å²) in [4.78, 5) is -1.53. The van der Waals surface area contributed by atoms with Crippen LogP contribution < -0.4 is 4.72 Å². The van der Waals surface area contributed by atoms with Crippen LogP contribution in [0.25, 0.3) is 0 Å². The van der Waals surface area contributed by atoms with Gasteiger partial charge in [0.15, 0.2) is 0 Å². The molecule has 1 N–H and O–H groups in total. The Kier molecular flexibility index (Phi) is 5.56. The highest BCUT2D eigenvalue weighted by Crippen LogP contribution is 2.38. The van der Waals surface area contributed by atoms with E-state index in [1.807, 2.05) is 0 Å². The molecule has 0 unspecified atom stereocenters. The van der Waals surface area contributed by atoms with Crippen molar-refractivity contribution in [2.24, 2.45) is 0 Å². The summed E-state index contributed by atoms with van der Waals surface area (Å²) in [5.41, 5.74) is -6.59. The van der Waals surface area contributed by atoms with Crippen molar-refractivity contribution in [1.29, 1.82) is 0 Å². The van der Waals surface area contributed by atoms with E-state index >= 15 is 0 Å². The average Bonchev–Trinajstić information content (AvgIpc) is 2.51. The Balaban J connectivity index is 2.58. The first-order chi connectivity index (χ1) is 12.9. The summed E-state index contributed by atoms with van der Waals surface area (Å²) in [6.45, 7) is 0. The monoisotopic (exact) mass is 455 g/mol. The molecule has 0 atom stereocenters. The standard InChI is InChI=1S/C15H7F10NO2S/c16-10-2-9(15(23,24)25)3-11(6-10)26-29(27,28)12-4-7(13(17,18)19)1-8(5-12)14(20,21)22/h1-6,26H. The van der Waals surface area contributed by atoms with E-state index in [4.69, 9.17) is 0 Å². The van der Waals surface area contributed by atoms with Crippen molar-refractivity contribution in [3.63, 3.8) is 0 Å². The Morgan fingerprint density at radius 1 is 0.621 bits per heavy atom. The zero-order valence-electron chi connectivity index (χ0n) is 13.5. The zero-order valence-corrected chi connectivity index (χ0v) is 14.3. The second-order valence-electron chi connectivity index (χ2n) is 5.57. The highest BCUT2D eigenvalue weighted by atomic mass is 32.2. The summed E-state index contributed by atoms with van der Waals surface area (Å²) in [6, 6.07) is -0.195. The number of hydrogen-bond acceptors (Lipinski definition) is 2. The molecule has 0 radical (unpaired) electrons. The molecule has 2 aromatic carbocycles. The van der Waals surface area contributed by atoms with E-state index in [1.165, 1.54) is 4.72 Å². The fourth-order valence-corrected chi connectivity index (χ4v) is 3.22. The topological polar surface area (TPSA) is 46.2 Å². The minimum Gasteiger partial charge on any atom is -0.280 e. The van der Waals surface area contributed by atoms with Crippen molar-refractivity contribution in [1.82, 2.24) is 0 Å². The molecule has 29 heavy (non-hydrogen) atoms. The molecule has 2 aromatic rings. The predicted octanol–water partition coefficient (Wildman–Crippen LogP) is 5.68. The number of rotatable bonds is 3. The van der Waals surface area contributed by atoms with Crippen LogP contribution in [0.3, 0.4) is 0 Å². The maximum Gasteiger partial charge on any atom is 0.416 e. The lowest BCUT2D eigenvalue weighted by molar-refractivity contribution is -0.143. The molecule has 14 heteroatoms. The number of nitrogens with one attached hydrogen (secondary N) is 1. The summed E-state index contributed by atoms with van der Waals surface area (Å²) < 4.78 is 154. The molecule has 0 aromatic heterocycles. The molecule has 0 aliphatic rings. The quantitative estimate of drug-likeness (QED) is 0.606. The summed E-state index contributed by atoms with van der Waals surface area (Å²) in [6.07, 6.45) is -15.8. The molecule has 0 fully saturated rings. The minimum absolute atomic E-state index is 0.0177. The average molecular weight is 455 g/mol. The fraction of sp³-hybridized carbons (Fsp3) is 0.200. The largest absolute Gasteiger partial charge is 0.416 e. The number of alkyl halides is 9. The normalized spacial score (nSPS) is 13.4. The smallest absolute Gasteiger partial charge is 0.280 e. The van der Waals surface area contributed by atoms with Crippen molar-refractivity contribution in [2.45, 2.75) is 23.4 Å². The van der Waals surface area contributed by atoms with Gasteiger partial charge in [0.2, 0.25) is 0 Å². The van der Waals surface area contributed by atoms with Crippen molar-refractivity contribution in [3.8, 4) is 0 Å². The first-order valence-corrected chi connectivity index (χ1v) is 8.58. The van der Waals surface area contributed by atoms with Gasteiger partial charge in [-0.05, 0) is 36.4 Å². The molecule has 0 aliphatic carbocycles. The molecular weight excluding hydrogens is 448 g/mol. The maximum atomic E-state index is 13.3. The van der Waals surface area contributed by atoms with Crippen LogP contribution >= 0.6 is 0 Å². The van der Waals surface area contributed by atoms with E-state index in [-0.39, 0.29) is 36.4 Å². The van der Waals surface area contributed by atoms with E-state index in [0.717, 1.165) is 0 Å². The predicted molar refractivity (Wildman–Crippen MR) is 78.7 cm³/mol. The number of sulfonamides is 1. The summed E-state index contributed by atoms with van der Waals surface area (Å²) in [5, 5.41) is 0. The van der Waals surface area contributed by atoms with Crippen LogP contribution in [-0.4, -0.2) is 8.42 Å². The summed E-state index contributed by atoms with van der Waals surface area (Å²) >= 11 is 0. The lowest BCUT2D eigenvalue weighted by Gasteiger charge is -2.16. The molecule has 0 saturated heterocycles. The highest BCUT2D eigenvalue weighted by Gasteiger charge is 2.38. The Morgan fingerprint density at radius 2 is 1.03 bits per heavy atom. The number of hydrogen-bond donors (Lipinski definition) is 1. The molecule has 2 rings (SSSR count). The van der Waals surface area contributed by atoms with Gasteiger partial charge in [0.1, 0.15) is 5.82 Å². The number of anilines is 1. The zero-order chi connectivity index (χ0) is 22.4. The van der Waals surface area contributed by atoms with Gasteiger partial charge in [0.25, 0.3) is 10.0 Å². The Hall–Kier alpha value is -2.51. The molecular formula is C15H7F10NO2S. The van der Waals surface area contributed by atoms with E-state index < -0.39 is 61.6 Å². The summed E-state index contributed by atoms with van der Waals surface area (Å²) in [5.74, 6) is -1.54. The molecule has 0 heterocycles. The third kappa shape index (κ3) is 5.52. The number of halogens is 10. The van der Waals surface area contributed by atoms with Crippen LogP contribution in [0.15, 0.2) is 41.3 Å². The van der Waals surface area contributed by atoms with Gasteiger partial charge in [-0.2, -0.15) is 39.5 Å². The fourth-order valence-electron chi connectivity index (χ4n) is 2.11. The minimum atomic E-state index is -5.35. The Labute approximate surface area is 156 Å². The third-order valence-electron chi connectivity index (χ3n) is 3.35. The SMILES string of the molecule is O=S(=O)(Nc1cc(F)cc(C(F)(F)F)c1)c1cc(C(F)(F)F)cc(C(F)(F)F)c1. The Morgan fingerprint density at radius 3 is 1.45 bits per heavy atom. The van der Waals surface area contributed by atoms with Crippen molar-refractivity contribution in [2.75, 3.05) is 4.72 Å². The molecule has 0 bridgehead atoms. The van der Waals surface area contributed by atoms with Crippen molar-refractivity contribution in [3.05, 3.63) is 58.9 Å². The van der Waals surface area contributed by atoms with Crippen LogP contribution in [-0.2, 0) is 28.6 Å². The molecule has 0 amide bonds. The van der Waals surface area contributed by atoms with Gasteiger partial charge in [-0.25, -0.2) is 12.8 Å². The second kappa shape index (κ2) is 7.07. The van der Waals surface area contributed by atoms with Crippen LogP contribution in [0.1, 0.15) is 16.7 Å². The first kappa shape index (κ1) is 22.8. The van der Waals surface area contributed by atoms with Gasteiger partial charge in [-0.15, -0.1) is 0 Å². The maximum absolute atomic E-state index is 13.3. The van der Waals surface area contributed by atoms with Gasteiger partial charge in [-0.3, -0.25) is 4.72 Å². The Bertz CT molecular complexity index is 991. The molecule has 3 nitrogen and oxygen atoms in total. The van der Waals surface area contributed by atoms with Crippen LogP contribution in [0.5, 0.6) is 0 Å². The molecule has 0 saturated carbocycles. The molecule has 160 valence electrons. The van der Waals surface area contributed by atoms with E-state index in [2.05, 4.69) is 0 Å². The van der Waals surface area contributed by atoms with Gasteiger partial charge in [-0.1, -0.05) is 0 Å². The lowest BCUT2D eigenvalue weighted by atomic mass is 10.1. The molecule has 0 aliphatic heterocycles. The van der Waals surface area contributed by atoms with Gasteiger partial charge in [0.05, 0.1) is 27.3 Å². The van der Waals surface area contributed by atoms with Gasteiger partial charge in [0, 0.05) is 0 Å². The van der Waals surface area contributed by atoms with E-state index in [9.17, 15) is 52.3 Å². The summed E-state index contributed by atoms with van der Waals surface area (Å²) in [7, 11) is -5.24. The number of benzene rings is 2. The first-order valence-electron chi connectivity index (χ1n) is 7.10. The van der Waals surface area contributed by atoms with Crippen LogP contribution in [0.2, 0.25) is 0 Å². The highest BCUT2D eigenvalue weighted by molar-refractivity contribution is 7.92. The van der Waals surface area contributed by atoms with Gasteiger partial charge < -0.3 is 0 Å². The van der Waals surface area contributed by atoms with E-state index in [1.54, 1.807) is 0 Å².